The van der Waals surface area contributed by atoms with Gasteiger partial charge < -0.3 is 20.1 Å². The van der Waals surface area contributed by atoms with Gasteiger partial charge in [-0.1, -0.05) is 0 Å². The lowest BCUT2D eigenvalue weighted by atomic mass is 10.0. The van der Waals surface area contributed by atoms with Gasteiger partial charge in [0, 0.05) is 37.1 Å². The summed E-state index contributed by atoms with van der Waals surface area (Å²) < 4.78 is 5.21. The molecule has 0 amide bonds. The average molecular weight is 322 g/mol. The molecular weight excluding hydrogens is 296 g/mol. The van der Waals surface area contributed by atoms with Crippen molar-refractivity contribution in [1.29, 1.82) is 0 Å². The van der Waals surface area contributed by atoms with Crippen LogP contribution >= 0.6 is 11.8 Å². The molecule has 3 rings (SSSR count). The quantitative estimate of drug-likeness (QED) is 0.869. The summed E-state index contributed by atoms with van der Waals surface area (Å²) in [6.07, 6.45) is 3.19. The zero-order valence-corrected chi connectivity index (χ0v) is 14.1. The molecule has 0 bridgehead atoms. The first-order chi connectivity index (χ1) is 10.7. The van der Waals surface area contributed by atoms with Gasteiger partial charge in [0.25, 0.3) is 0 Å². The first kappa shape index (κ1) is 16.0. The molecule has 2 heterocycles. The van der Waals surface area contributed by atoms with Crippen LogP contribution in [0, 0.1) is 0 Å². The number of benzene rings is 1. The predicted molar refractivity (Wildman–Crippen MR) is 93.1 cm³/mol. The summed E-state index contributed by atoms with van der Waals surface area (Å²) in [5.41, 5.74) is 0.794. The third kappa shape index (κ3) is 3.89. The largest absolute Gasteiger partial charge is 0.497 e. The van der Waals surface area contributed by atoms with Crippen molar-refractivity contribution in [2.24, 2.45) is 0 Å². The molecule has 0 saturated carbocycles. The lowest BCUT2D eigenvalue weighted by molar-refractivity contribution is 0.0635. The Morgan fingerprint density at radius 3 is 2.64 bits per heavy atom. The minimum Gasteiger partial charge on any atom is -0.497 e. The van der Waals surface area contributed by atoms with Crippen molar-refractivity contribution >= 4 is 17.4 Å². The highest BCUT2D eigenvalue weighted by Crippen LogP contribution is 2.28. The lowest BCUT2D eigenvalue weighted by Gasteiger charge is -2.35. The van der Waals surface area contributed by atoms with Crippen LogP contribution in [0.4, 0.5) is 5.69 Å². The molecule has 22 heavy (non-hydrogen) atoms. The Balaban J connectivity index is 1.45. The van der Waals surface area contributed by atoms with Crippen molar-refractivity contribution in [3.63, 3.8) is 0 Å². The van der Waals surface area contributed by atoms with Crippen molar-refractivity contribution in [1.82, 2.24) is 5.32 Å². The minimum atomic E-state index is -0.474. The van der Waals surface area contributed by atoms with Crippen LogP contribution in [-0.4, -0.2) is 55.0 Å². The van der Waals surface area contributed by atoms with Gasteiger partial charge in [0.15, 0.2) is 0 Å². The molecule has 2 fully saturated rings. The zero-order valence-electron chi connectivity index (χ0n) is 13.3. The Labute approximate surface area is 137 Å². The number of rotatable bonds is 5. The van der Waals surface area contributed by atoms with E-state index in [-0.39, 0.29) is 0 Å². The van der Waals surface area contributed by atoms with Crippen molar-refractivity contribution in [2.75, 3.05) is 43.1 Å². The minimum absolute atomic E-state index is 0.474. The summed E-state index contributed by atoms with van der Waals surface area (Å²) in [5, 5.41) is 14.0. The highest BCUT2D eigenvalue weighted by molar-refractivity contribution is 7.99. The molecule has 1 atom stereocenters. The normalized spacial score (nSPS) is 26.4. The standard InChI is InChI=1S/C17H26N2O2S/c1-21-16-4-2-15(3-5-16)19-9-6-14(7-10-19)18-12-17(20)8-11-22-13-17/h2-5,14,18,20H,6-13H2,1H3. The molecule has 2 saturated heterocycles. The van der Waals surface area contributed by atoms with E-state index in [1.807, 2.05) is 23.9 Å². The van der Waals surface area contributed by atoms with Crippen LogP contribution in [0.2, 0.25) is 0 Å². The number of anilines is 1. The highest BCUT2D eigenvalue weighted by Gasteiger charge is 2.32. The maximum atomic E-state index is 10.4. The Morgan fingerprint density at radius 2 is 2.05 bits per heavy atom. The van der Waals surface area contributed by atoms with E-state index in [0.29, 0.717) is 6.04 Å². The number of piperidine rings is 1. The Bertz CT molecular complexity index is 466. The van der Waals surface area contributed by atoms with Gasteiger partial charge in [0.05, 0.1) is 12.7 Å². The topological polar surface area (TPSA) is 44.7 Å². The molecular formula is C17H26N2O2S. The molecule has 0 radical (unpaired) electrons. The molecule has 2 N–H and O–H groups in total. The molecule has 4 nitrogen and oxygen atoms in total. The molecule has 0 aliphatic carbocycles. The first-order valence-corrected chi connectivity index (χ1v) is 9.26. The number of ether oxygens (including phenoxy) is 1. The van der Waals surface area contributed by atoms with E-state index in [2.05, 4.69) is 22.3 Å². The number of hydrogen-bond donors (Lipinski definition) is 2. The van der Waals surface area contributed by atoms with Crippen LogP contribution < -0.4 is 15.0 Å². The fraction of sp³-hybridized carbons (Fsp3) is 0.647. The molecule has 122 valence electrons. The van der Waals surface area contributed by atoms with Crippen molar-refractivity contribution in [3.8, 4) is 5.75 Å². The van der Waals surface area contributed by atoms with E-state index in [0.717, 1.165) is 56.2 Å². The van der Waals surface area contributed by atoms with Gasteiger partial charge in [-0.3, -0.25) is 0 Å². The third-order valence-corrected chi connectivity index (χ3v) is 5.97. The molecule has 0 aromatic heterocycles. The molecule has 2 aliphatic rings. The molecule has 1 aromatic carbocycles. The second-order valence-electron chi connectivity index (χ2n) is 6.37. The monoisotopic (exact) mass is 322 g/mol. The van der Waals surface area contributed by atoms with Crippen molar-refractivity contribution in [2.45, 2.75) is 30.9 Å². The van der Waals surface area contributed by atoms with Gasteiger partial charge >= 0.3 is 0 Å². The van der Waals surface area contributed by atoms with Crippen LogP contribution in [0.3, 0.4) is 0 Å². The second kappa shape index (κ2) is 7.11. The third-order valence-electron chi connectivity index (χ3n) is 4.73. The summed E-state index contributed by atoms with van der Waals surface area (Å²) in [5.74, 6) is 2.88. The number of methoxy groups -OCH3 is 1. The Kier molecular flexibility index (Phi) is 5.16. The zero-order chi connectivity index (χ0) is 15.4. The first-order valence-electron chi connectivity index (χ1n) is 8.11. The van der Waals surface area contributed by atoms with Crippen LogP contribution in [0.5, 0.6) is 5.75 Å². The highest BCUT2D eigenvalue weighted by atomic mass is 32.2. The summed E-state index contributed by atoms with van der Waals surface area (Å²) in [6, 6.07) is 8.83. The van der Waals surface area contributed by atoms with Gasteiger partial charge in [0.1, 0.15) is 5.75 Å². The van der Waals surface area contributed by atoms with Gasteiger partial charge in [0.2, 0.25) is 0 Å². The fourth-order valence-corrected chi connectivity index (χ4v) is 4.50. The van der Waals surface area contributed by atoms with Gasteiger partial charge in [-0.25, -0.2) is 0 Å². The molecule has 5 heteroatoms. The maximum Gasteiger partial charge on any atom is 0.119 e. The summed E-state index contributed by atoms with van der Waals surface area (Å²) in [6.45, 7) is 2.88. The Morgan fingerprint density at radius 1 is 1.32 bits per heavy atom. The number of aliphatic hydroxyl groups is 1. The number of thioether (sulfide) groups is 1. The SMILES string of the molecule is COc1ccc(N2CCC(NCC3(O)CCSC3)CC2)cc1. The molecule has 2 aliphatic heterocycles. The van der Waals surface area contributed by atoms with E-state index >= 15 is 0 Å². The molecule has 1 aromatic rings. The smallest absolute Gasteiger partial charge is 0.119 e. The number of hydrogen-bond acceptors (Lipinski definition) is 5. The van der Waals surface area contributed by atoms with Crippen LogP contribution in [0.25, 0.3) is 0 Å². The van der Waals surface area contributed by atoms with Crippen molar-refractivity contribution in [3.05, 3.63) is 24.3 Å². The average Bonchev–Trinajstić information content (AvgIpc) is 3.01. The van der Waals surface area contributed by atoms with E-state index in [4.69, 9.17) is 4.74 Å². The summed E-state index contributed by atoms with van der Waals surface area (Å²) >= 11 is 1.86. The van der Waals surface area contributed by atoms with Gasteiger partial charge in [-0.05, 0) is 49.3 Å². The maximum absolute atomic E-state index is 10.4. The van der Waals surface area contributed by atoms with E-state index in [1.165, 1.54) is 5.69 Å². The van der Waals surface area contributed by atoms with E-state index < -0.39 is 5.60 Å². The fourth-order valence-electron chi connectivity index (χ4n) is 3.21. The van der Waals surface area contributed by atoms with Crippen LogP contribution in [0.1, 0.15) is 19.3 Å². The summed E-state index contributed by atoms with van der Waals surface area (Å²) in [4.78, 5) is 2.43. The lowest BCUT2D eigenvalue weighted by Crippen LogP contribution is -2.48. The molecule has 0 spiro atoms. The van der Waals surface area contributed by atoms with Crippen molar-refractivity contribution < 1.29 is 9.84 Å². The Hall–Kier alpha value is -0.910. The summed E-state index contributed by atoms with van der Waals surface area (Å²) in [7, 11) is 1.70. The number of nitrogens with one attached hydrogen (secondary N) is 1. The number of nitrogens with zero attached hydrogens (tertiary/aromatic N) is 1. The molecule has 1 unspecified atom stereocenters. The van der Waals surface area contributed by atoms with Gasteiger partial charge in [-0.2, -0.15) is 11.8 Å². The van der Waals surface area contributed by atoms with E-state index in [9.17, 15) is 5.11 Å². The predicted octanol–water partition coefficient (Wildman–Crippen LogP) is 2.12. The van der Waals surface area contributed by atoms with Gasteiger partial charge in [-0.15, -0.1) is 0 Å². The van der Waals surface area contributed by atoms with Crippen LogP contribution in [-0.2, 0) is 0 Å². The van der Waals surface area contributed by atoms with E-state index in [1.54, 1.807) is 7.11 Å². The second-order valence-corrected chi connectivity index (χ2v) is 7.47. The van der Waals surface area contributed by atoms with Crippen LogP contribution in [0.15, 0.2) is 24.3 Å².